The lowest BCUT2D eigenvalue weighted by molar-refractivity contribution is -0.385. The number of nitrogens with zero attached hydrogens (tertiary/aromatic N) is 3. The predicted octanol–water partition coefficient (Wildman–Crippen LogP) is 5.82. The van der Waals surface area contributed by atoms with Crippen LogP contribution in [0.25, 0.3) is 6.08 Å². The van der Waals surface area contributed by atoms with E-state index in [0.29, 0.717) is 11.3 Å². The van der Waals surface area contributed by atoms with E-state index in [4.69, 9.17) is 21.1 Å². The molecule has 0 saturated carbocycles. The number of pyridine rings is 1. The maximum absolute atomic E-state index is 14.1. The van der Waals surface area contributed by atoms with Gasteiger partial charge in [-0.05, 0) is 47.7 Å². The van der Waals surface area contributed by atoms with Crippen molar-refractivity contribution in [1.82, 2.24) is 9.88 Å². The van der Waals surface area contributed by atoms with Crippen molar-refractivity contribution < 1.29 is 28.4 Å². The van der Waals surface area contributed by atoms with Gasteiger partial charge in [-0.3, -0.25) is 24.6 Å². The second kappa shape index (κ2) is 10.1. The molecule has 12 heteroatoms. The van der Waals surface area contributed by atoms with E-state index in [-0.39, 0.29) is 39.4 Å². The molecule has 35 heavy (non-hydrogen) atoms. The van der Waals surface area contributed by atoms with Gasteiger partial charge in [0.2, 0.25) is 5.88 Å². The SMILES string of the molecule is COc1cc(/C=C2\SC(=O)N(Cc3c(F)cccc3Cl)C2=O)ccc1Oc1ccc([N+](=O)[O-])cn1. The molecular weight excluding hydrogens is 501 g/mol. The molecule has 1 fully saturated rings. The molecule has 2 aromatic carbocycles. The summed E-state index contributed by atoms with van der Waals surface area (Å²) < 4.78 is 25.1. The highest BCUT2D eigenvalue weighted by Gasteiger charge is 2.36. The summed E-state index contributed by atoms with van der Waals surface area (Å²) in [5.74, 6) is -0.476. The summed E-state index contributed by atoms with van der Waals surface area (Å²) >= 11 is 6.75. The smallest absolute Gasteiger partial charge is 0.293 e. The van der Waals surface area contributed by atoms with E-state index < -0.39 is 21.9 Å². The largest absolute Gasteiger partial charge is 0.493 e. The molecule has 0 radical (unpaired) electrons. The minimum Gasteiger partial charge on any atom is -0.493 e. The minimum absolute atomic E-state index is 0.0562. The van der Waals surface area contributed by atoms with Gasteiger partial charge in [0.15, 0.2) is 11.5 Å². The number of nitro groups is 1. The van der Waals surface area contributed by atoms with Crippen LogP contribution in [0.3, 0.4) is 0 Å². The molecule has 1 aromatic heterocycles. The number of halogens is 2. The molecule has 9 nitrogen and oxygen atoms in total. The molecule has 2 amide bonds. The third-order valence-electron chi connectivity index (χ3n) is 4.88. The first-order valence-electron chi connectivity index (χ1n) is 9.91. The molecular formula is C23H15ClFN3O6S. The van der Waals surface area contributed by atoms with Crippen LogP contribution in [-0.2, 0) is 11.3 Å². The number of thioether (sulfide) groups is 1. The Morgan fingerprint density at radius 1 is 1.20 bits per heavy atom. The topological polar surface area (TPSA) is 112 Å². The summed E-state index contributed by atoms with van der Waals surface area (Å²) in [6.07, 6.45) is 2.57. The van der Waals surface area contributed by atoms with E-state index >= 15 is 0 Å². The summed E-state index contributed by atoms with van der Waals surface area (Å²) in [6, 6.07) is 11.5. The van der Waals surface area contributed by atoms with Crippen molar-refractivity contribution in [2.45, 2.75) is 6.54 Å². The van der Waals surface area contributed by atoms with Crippen LogP contribution in [0.2, 0.25) is 5.02 Å². The maximum atomic E-state index is 14.1. The van der Waals surface area contributed by atoms with Gasteiger partial charge >= 0.3 is 0 Å². The molecule has 0 N–H and O–H groups in total. The number of benzene rings is 2. The van der Waals surface area contributed by atoms with Gasteiger partial charge in [-0.15, -0.1) is 0 Å². The Morgan fingerprint density at radius 3 is 2.66 bits per heavy atom. The van der Waals surface area contributed by atoms with Gasteiger partial charge in [-0.2, -0.15) is 0 Å². The van der Waals surface area contributed by atoms with Crippen LogP contribution < -0.4 is 9.47 Å². The van der Waals surface area contributed by atoms with Gasteiger partial charge in [0, 0.05) is 22.7 Å². The number of imide groups is 1. The van der Waals surface area contributed by atoms with Crippen molar-refractivity contribution in [2.75, 3.05) is 7.11 Å². The third-order valence-corrected chi connectivity index (χ3v) is 6.14. The zero-order chi connectivity index (χ0) is 25.1. The van der Waals surface area contributed by atoms with Crippen LogP contribution in [0.1, 0.15) is 11.1 Å². The molecule has 2 heterocycles. The molecule has 4 rings (SSSR count). The Labute approximate surface area is 207 Å². The fraction of sp³-hybridized carbons (Fsp3) is 0.0870. The first kappa shape index (κ1) is 24.2. The van der Waals surface area contributed by atoms with Crippen LogP contribution in [-0.4, -0.2) is 33.1 Å². The standard InChI is InChI=1S/C23H15ClFN3O6S/c1-33-19-9-13(5-7-18(19)34-21-8-6-14(11-26-21)28(31)32)10-20-22(29)27(23(30)35-20)12-15-16(24)3-2-4-17(15)25/h2-11H,12H2,1H3/b20-10-. The number of hydrogen-bond donors (Lipinski definition) is 0. The molecule has 1 saturated heterocycles. The maximum Gasteiger partial charge on any atom is 0.293 e. The summed E-state index contributed by atoms with van der Waals surface area (Å²) in [5.41, 5.74) is 0.423. The Morgan fingerprint density at radius 2 is 2.00 bits per heavy atom. The number of carbonyl (C=O) groups excluding carboxylic acids is 2. The number of methoxy groups -OCH3 is 1. The van der Waals surface area contributed by atoms with E-state index in [0.717, 1.165) is 22.9 Å². The molecule has 0 atom stereocenters. The highest BCUT2D eigenvalue weighted by molar-refractivity contribution is 8.18. The van der Waals surface area contributed by atoms with Gasteiger partial charge in [-0.25, -0.2) is 9.37 Å². The summed E-state index contributed by atoms with van der Waals surface area (Å²) in [4.78, 5) is 40.4. The summed E-state index contributed by atoms with van der Waals surface area (Å²) in [7, 11) is 1.42. The highest BCUT2D eigenvalue weighted by atomic mass is 35.5. The molecule has 1 aliphatic heterocycles. The molecule has 0 spiro atoms. The van der Waals surface area contributed by atoms with Crippen molar-refractivity contribution in [3.63, 3.8) is 0 Å². The van der Waals surface area contributed by atoms with Crippen LogP contribution in [0.4, 0.5) is 14.9 Å². The second-order valence-electron chi connectivity index (χ2n) is 7.09. The van der Waals surface area contributed by atoms with Gasteiger partial charge in [-0.1, -0.05) is 23.7 Å². The second-order valence-corrected chi connectivity index (χ2v) is 8.49. The molecule has 0 aliphatic carbocycles. The van der Waals surface area contributed by atoms with Crippen LogP contribution >= 0.6 is 23.4 Å². The van der Waals surface area contributed by atoms with Crippen molar-refractivity contribution in [3.8, 4) is 17.4 Å². The lowest BCUT2D eigenvalue weighted by Crippen LogP contribution is -2.28. The fourth-order valence-corrected chi connectivity index (χ4v) is 4.20. The monoisotopic (exact) mass is 515 g/mol. The number of carbonyl (C=O) groups is 2. The molecule has 0 bridgehead atoms. The lowest BCUT2D eigenvalue weighted by atomic mass is 10.1. The molecule has 0 unspecified atom stereocenters. The normalized spacial score (nSPS) is 14.5. The summed E-state index contributed by atoms with van der Waals surface area (Å²) in [5, 5.41) is 10.3. The Balaban J connectivity index is 1.53. The first-order valence-corrected chi connectivity index (χ1v) is 11.1. The van der Waals surface area contributed by atoms with Crippen molar-refractivity contribution in [1.29, 1.82) is 0 Å². The Hall–Kier alpha value is -3.96. The van der Waals surface area contributed by atoms with Crippen molar-refractivity contribution in [2.24, 2.45) is 0 Å². The first-order chi connectivity index (χ1) is 16.8. The zero-order valence-electron chi connectivity index (χ0n) is 17.9. The number of rotatable bonds is 7. The van der Waals surface area contributed by atoms with Crippen molar-refractivity contribution >= 4 is 46.3 Å². The van der Waals surface area contributed by atoms with Crippen LogP contribution in [0.5, 0.6) is 17.4 Å². The quantitative estimate of drug-likeness (QED) is 0.220. The average Bonchev–Trinajstić information content (AvgIpc) is 3.09. The molecule has 178 valence electrons. The van der Waals surface area contributed by atoms with E-state index in [1.54, 1.807) is 18.2 Å². The van der Waals surface area contributed by atoms with Crippen molar-refractivity contribution in [3.05, 3.63) is 91.7 Å². The summed E-state index contributed by atoms with van der Waals surface area (Å²) in [6.45, 7) is -0.286. The number of amides is 2. The van der Waals surface area contributed by atoms with Gasteiger partial charge in [0.1, 0.15) is 12.0 Å². The van der Waals surface area contributed by atoms with Crippen LogP contribution in [0.15, 0.2) is 59.6 Å². The van der Waals surface area contributed by atoms with E-state index in [2.05, 4.69) is 4.98 Å². The van der Waals surface area contributed by atoms with Gasteiger partial charge in [0.25, 0.3) is 16.8 Å². The fourth-order valence-electron chi connectivity index (χ4n) is 3.14. The molecule has 3 aromatic rings. The third kappa shape index (κ3) is 5.26. The van der Waals surface area contributed by atoms with Gasteiger partial charge < -0.3 is 9.47 Å². The minimum atomic E-state index is -0.608. The molecule has 1 aliphatic rings. The number of ether oxygens (including phenoxy) is 2. The van der Waals surface area contributed by atoms with E-state index in [9.17, 15) is 24.1 Å². The Kier molecular flexibility index (Phi) is 6.99. The van der Waals surface area contributed by atoms with Gasteiger partial charge in [0.05, 0.1) is 23.5 Å². The van der Waals surface area contributed by atoms with Crippen LogP contribution in [0, 0.1) is 15.9 Å². The number of hydrogen-bond acceptors (Lipinski definition) is 8. The Bertz CT molecular complexity index is 1350. The lowest BCUT2D eigenvalue weighted by Gasteiger charge is -2.14. The van der Waals surface area contributed by atoms with E-state index in [1.165, 1.54) is 43.5 Å². The zero-order valence-corrected chi connectivity index (χ0v) is 19.5. The van der Waals surface area contributed by atoms with E-state index in [1.807, 2.05) is 0 Å². The number of aromatic nitrogens is 1. The highest BCUT2D eigenvalue weighted by Crippen LogP contribution is 2.37. The average molecular weight is 516 g/mol. The predicted molar refractivity (Wildman–Crippen MR) is 127 cm³/mol.